The van der Waals surface area contributed by atoms with Crippen LogP contribution in [0.1, 0.15) is 129 Å². The third-order valence-corrected chi connectivity index (χ3v) is 22.3. The molecule has 2 N–H and O–H groups in total. The zero-order valence-corrected chi connectivity index (χ0v) is 43.4. The Bertz CT molecular complexity index is 2500. The van der Waals surface area contributed by atoms with Crippen molar-refractivity contribution in [3.63, 3.8) is 0 Å². The van der Waals surface area contributed by atoms with Crippen molar-refractivity contribution in [2.24, 2.45) is 80.8 Å². The van der Waals surface area contributed by atoms with Crippen LogP contribution in [0, 0.1) is 94.7 Å². The number of fused-ring (bicyclic) bond motifs is 10. The normalized spacial score (nSPS) is 40.6. The van der Waals surface area contributed by atoms with E-state index in [0.717, 1.165) is 66.9 Å². The second kappa shape index (κ2) is 16.0. The van der Waals surface area contributed by atoms with Gasteiger partial charge in [0.15, 0.2) is 5.13 Å². The minimum absolute atomic E-state index is 0.0338. The summed E-state index contributed by atoms with van der Waals surface area (Å²) in [6.45, 7) is 18.2. The summed E-state index contributed by atoms with van der Waals surface area (Å²) in [6.07, 6.45) is 13.6. The van der Waals surface area contributed by atoms with Crippen LogP contribution in [0.5, 0.6) is 0 Å². The number of halogens is 3. The Labute approximate surface area is 409 Å². The highest BCUT2D eigenvalue weighted by Crippen LogP contribution is 2.74. The van der Waals surface area contributed by atoms with Gasteiger partial charge in [0, 0.05) is 47.4 Å². The van der Waals surface area contributed by atoms with Gasteiger partial charge < -0.3 is 20.4 Å². The molecule has 4 amide bonds. The standard InChI is InChI=1S/C52H67Cl3N6O4S/c1-24-20-29-32-13-14-35(50(32,6)19-16-33(29)51(7)22-30(46(64)60(9)41(24)51)44(62)59-48-57-26(3)27(4)66-48)38-37(45(63)58-40-36(53)23-56-43(55)39(40)54)47(65)61(10)42-25(2)21-28-31-12-11-17-49(31,5)18-15-34(28)52(38,42)8/h23,28-35,37-38H,11-22H2,1-10H3,(H,56,58,63)(H,57,59,62)/t28-,29-,30?,31-,32-,33+,34+,35?,37?,38?,49-,50-,51+,52-/m0/s1. The maximum atomic E-state index is 15.4. The first-order chi connectivity index (χ1) is 31.1. The van der Waals surface area contributed by atoms with E-state index in [0.29, 0.717) is 46.6 Å². The average Bonchev–Trinajstić information content (AvgIpc) is 3.93. The zero-order chi connectivity index (χ0) is 47.3. The average molecular weight is 979 g/mol. The van der Waals surface area contributed by atoms with Gasteiger partial charge in [0.2, 0.25) is 23.6 Å². The number of hydrogen-bond acceptors (Lipinski definition) is 7. The Kier molecular flexibility index (Phi) is 11.3. The second-order valence-corrected chi connectivity index (χ2v) is 25.6. The number of allylic oxidation sites excluding steroid dienone is 4. The molecule has 66 heavy (non-hydrogen) atoms. The highest BCUT2D eigenvalue weighted by atomic mass is 35.5. The van der Waals surface area contributed by atoms with E-state index in [-0.39, 0.29) is 67.7 Å². The number of nitrogens with zero attached hydrogens (tertiary/aromatic N) is 4. The van der Waals surface area contributed by atoms with E-state index in [9.17, 15) is 9.59 Å². The first-order valence-electron chi connectivity index (χ1n) is 24.6. The molecule has 10 rings (SSSR count). The lowest BCUT2D eigenvalue weighted by molar-refractivity contribution is -0.168. The van der Waals surface area contributed by atoms with Crippen LogP contribution < -0.4 is 10.6 Å². The summed E-state index contributed by atoms with van der Waals surface area (Å²) in [5, 5.41) is 6.90. The van der Waals surface area contributed by atoms with Gasteiger partial charge in [-0.1, -0.05) is 80.1 Å². The van der Waals surface area contributed by atoms with Gasteiger partial charge in [0.25, 0.3) is 0 Å². The molecule has 0 bridgehead atoms. The van der Waals surface area contributed by atoms with Crippen LogP contribution in [0.25, 0.3) is 0 Å². The van der Waals surface area contributed by atoms with Crippen molar-refractivity contribution >= 4 is 80.6 Å². The Morgan fingerprint density at radius 3 is 2.11 bits per heavy atom. The molecular formula is C52H67Cl3N6O4S. The molecule has 0 aromatic carbocycles. The van der Waals surface area contributed by atoms with Crippen molar-refractivity contribution in [3.8, 4) is 0 Å². The fraction of sp³-hybridized carbons (Fsp3) is 0.692. The zero-order valence-electron chi connectivity index (χ0n) is 40.3. The first-order valence-corrected chi connectivity index (χ1v) is 26.5. The van der Waals surface area contributed by atoms with Crippen LogP contribution in [0.15, 0.2) is 28.7 Å². The van der Waals surface area contributed by atoms with Gasteiger partial charge in [-0.25, -0.2) is 9.97 Å². The third-order valence-electron chi connectivity index (χ3n) is 20.3. The minimum atomic E-state index is -0.982. The number of aryl methyl sites for hydroxylation is 2. The maximum Gasteiger partial charge on any atom is 0.239 e. The summed E-state index contributed by atoms with van der Waals surface area (Å²) >= 11 is 21.3. The summed E-state index contributed by atoms with van der Waals surface area (Å²) in [5.41, 5.74) is 5.13. The number of carbonyl (C=O) groups is 4. The Morgan fingerprint density at radius 1 is 0.758 bits per heavy atom. The largest absolute Gasteiger partial charge is 0.323 e. The lowest BCUT2D eigenvalue weighted by Crippen LogP contribution is -2.65. The monoisotopic (exact) mass is 976 g/mol. The first kappa shape index (κ1) is 46.7. The molecule has 356 valence electrons. The van der Waals surface area contributed by atoms with E-state index < -0.39 is 22.7 Å². The molecule has 14 atom stereocenters. The summed E-state index contributed by atoms with van der Waals surface area (Å²) in [4.78, 5) is 72.4. The van der Waals surface area contributed by atoms with Crippen molar-refractivity contribution in [2.45, 2.75) is 132 Å². The van der Waals surface area contributed by atoms with Crippen LogP contribution in [0.3, 0.4) is 0 Å². The number of aromatic nitrogens is 2. The van der Waals surface area contributed by atoms with Crippen molar-refractivity contribution in [2.75, 3.05) is 24.7 Å². The Hall–Kier alpha value is -2.99. The van der Waals surface area contributed by atoms with Gasteiger partial charge in [-0.15, -0.1) is 11.3 Å². The molecule has 4 saturated carbocycles. The molecule has 4 heterocycles. The predicted octanol–water partition coefficient (Wildman–Crippen LogP) is 12.1. The highest BCUT2D eigenvalue weighted by molar-refractivity contribution is 7.15. The molecular weight excluding hydrogens is 911 g/mol. The fourth-order valence-electron chi connectivity index (χ4n) is 17.8. The molecule has 2 aromatic rings. The summed E-state index contributed by atoms with van der Waals surface area (Å²) in [7, 11) is 3.77. The van der Waals surface area contributed by atoms with E-state index in [1.165, 1.54) is 54.4 Å². The predicted molar refractivity (Wildman–Crippen MR) is 262 cm³/mol. The fourth-order valence-corrected chi connectivity index (χ4v) is 19.2. The van der Waals surface area contributed by atoms with Crippen LogP contribution in [-0.2, 0) is 19.2 Å². The Balaban J connectivity index is 1.05. The number of thiazole rings is 1. The van der Waals surface area contributed by atoms with Gasteiger partial charge in [-0.05, 0) is 156 Å². The molecule has 10 nitrogen and oxygen atoms in total. The molecule has 8 aliphatic rings. The highest BCUT2D eigenvalue weighted by Gasteiger charge is 2.70. The number of likely N-dealkylation sites (tertiary alicyclic amines) is 2. The molecule has 2 saturated heterocycles. The van der Waals surface area contributed by atoms with E-state index in [4.69, 9.17) is 34.8 Å². The van der Waals surface area contributed by atoms with Crippen LogP contribution in [0.2, 0.25) is 15.2 Å². The molecule has 0 spiro atoms. The number of nitrogens with one attached hydrogen (secondary N) is 2. The van der Waals surface area contributed by atoms with Crippen molar-refractivity contribution < 1.29 is 19.2 Å². The lowest BCUT2D eigenvalue weighted by Gasteiger charge is -2.65. The maximum absolute atomic E-state index is 15.4. The second-order valence-electron chi connectivity index (χ2n) is 23.2. The number of amides is 4. The van der Waals surface area contributed by atoms with Gasteiger partial charge >= 0.3 is 0 Å². The molecule has 2 aliphatic heterocycles. The van der Waals surface area contributed by atoms with Gasteiger partial charge in [0.1, 0.15) is 22.0 Å². The van der Waals surface area contributed by atoms with Crippen LogP contribution >= 0.6 is 46.1 Å². The number of anilines is 2. The topological polar surface area (TPSA) is 125 Å². The number of pyridine rings is 1. The molecule has 6 aliphatic carbocycles. The quantitative estimate of drug-likeness (QED) is 0.227. The number of rotatable bonds is 5. The Morgan fingerprint density at radius 2 is 1.41 bits per heavy atom. The SMILES string of the molecule is CC1=C2N(C)C(=O)C(C(=O)Nc3nc(C)c(C)s3)C[C@]2(C)[C@@H]2CC[C@]3(C)C(C4C(C(=O)Nc5c(Cl)cnc(Cl)c5Cl)C(=O)N(C)C5=C(C)C[C@@H]6[C@@H](CC[C@]7(C)CCC[C@@H]67)[C@]54C)CC[C@H]3[C@@H]2C1. The smallest absolute Gasteiger partial charge is 0.239 e. The van der Waals surface area contributed by atoms with E-state index >= 15 is 9.59 Å². The minimum Gasteiger partial charge on any atom is -0.323 e. The van der Waals surface area contributed by atoms with Crippen molar-refractivity contribution in [1.29, 1.82) is 0 Å². The summed E-state index contributed by atoms with van der Waals surface area (Å²) < 4.78 is 0. The molecule has 2 aromatic heterocycles. The summed E-state index contributed by atoms with van der Waals surface area (Å²) in [5.74, 6) is -0.677. The summed E-state index contributed by atoms with van der Waals surface area (Å²) in [6, 6.07) is 0. The molecule has 14 heteroatoms. The molecule has 0 radical (unpaired) electrons. The van der Waals surface area contributed by atoms with Crippen molar-refractivity contribution in [1.82, 2.24) is 19.8 Å². The van der Waals surface area contributed by atoms with E-state index in [2.05, 4.69) is 62.1 Å². The van der Waals surface area contributed by atoms with Crippen LogP contribution in [-0.4, -0.2) is 57.5 Å². The van der Waals surface area contributed by atoms with E-state index in [1.807, 2.05) is 32.8 Å². The number of carbonyl (C=O) groups excluding carboxylic acids is 4. The lowest BCUT2D eigenvalue weighted by atomic mass is 9.41. The number of piperidine rings is 2. The van der Waals surface area contributed by atoms with Gasteiger partial charge in [-0.3, -0.25) is 19.2 Å². The van der Waals surface area contributed by atoms with Gasteiger partial charge in [-0.2, -0.15) is 0 Å². The molecule has 6 fully saturated rings. The molecule has 4 unspecified atom stereocenters. The van der Waals surface area contributed by atoms with E-state index in [1.54, 1.807) is 4.90 Å². The van der Waals surface area contributed by atoms with Gasteiger partial charge in [0.05, 0.1) is 16.4 Å². The number of hydrogen-bond donors (Lipinski definition) is 2. The van der Waals surface area contributed by atoms with Crippen LogP contribution in [0.4, 0.5) is 10.8 Å². The third kappa shape index (κ3) is 6.56. The van der Waals surface area contributed by atoms with Crippen molar-refractivity contribution in [3.05, 3.63) is 54.5 Å².